The van der Waals surface area contributed by atoms with Crippen molar-refractivity contribution in [2.24, 2.45) is 0 Å². The molecular formula is C16H21BrN2O2. The van der Waals surface area contributed by atoms with Crippen molar-refractivity contribution in [1.82, 2.24) is 10.2 Å². The van der Waals surface area contributed by atoms with Gasteiger partial charge in [-0.3, -0.25) is 0 Å². The van der Waals surface area contributed by atoms with E-state index in [1.54, 1.807) is 0 Å². The van der Waals surface area contributed by atoms with E-state index in [-0.39, 0.29) is 6.03 Å². The summed E-state index contributed by atoms with van der Waals surface area (Å²) in [5.74, 6) is 0.953. The Bertz CT molecular complexity index is 525. The maximum absolute atomic E-state index is 12.3. The minimum Gasteiger partial charge on any atom is -0.493 e. The highest BCUT2D eigenvalue weighted by Crippen LogP contribution is 2.32. The molecule has 3 rings (SSSR count). The first-order valence-corrected chi connectivity index (χ1v) is 8.50. The highest BCUT2D eigenvalue weighted by atomic mass is 79.9. The van der Waals surface area contributed by atoms with Crippen LogP contribution in [-0.2, 0) is 13.0 Å². The Kier molecular flexibility index (Phi) is 4.68. The second-order valence-electron chi connectivity index (χ2n) is 5.71. The Morgan fingerprint density at radius 2 is 2.00 bits per heavy atom. The predicted octanol–water partition coefficient (Wildman–Crippen LogP) is 3.47. The van der Waals surface area contributed by atoms with Gasteiger partial charge in [0.05, 0.1) is 6.61 Å². The number of benzene rings is 1. The van der Waals surface area contributed by atoms with Crippen LogP contribution in [0, 0.1) is 0 Å². The Balaban J connectivity index is 1.63. The van der Waals surface area contributed by atoms with Crippen molar-refractivity contribution in [3.8, 4) is 5.75 Å². The van der Waals surface area contributed by atoms with E-state index < -0.39 is 0 Å². The molecule has 0 atom stereocenters. The number of carbonyl (C=O) groups is 1. The average Bonchev–Trinajstić information content (AvgIpc) is 2.77. The van der Waals surface area contributed by atoms with Crippen LogP contribution in [0.2, 0.25) is 0 Å². The third-order valence-electron chi connectivity index (χ3n) is 4.15. The molecule has 5 heteroatoms. The molecule has 0 aliphatic carbocycles. The van der Waals surface area contributed by atoms with E-state index in [0.717, 1.165) is 54.7 Å². The fourth-order valence-corrected chi connectivity index (χ4v) is 3.59. The largest absolute Gasteiger partial charge is 0.493 e. The van der Waals surface area contributed by atoms with Crippen molar-refractivity contribution >= 4 is 22.0 Å². The van der Waals surface area contributed by atoms with Gasteiger partial charge in [-0.2, -0.15) is 0 Å². The lowest BCUT2D eigenvalue weighted by Crippen LogP contribution is -2.40. The molecular weight excluding hydrogens is 332 g/mol. The van der Waals surface area contributed by atoms with Crippen molar-refractivity contribution in [3.63, 3.8) is 0 Å². The zero-order valence-corrected chi connectivity index (χ0v) is 13.7. The van der Waals surface area contributed by atoms with E-state index in [1.807, 2.05) is 11.0 Å². The normalized spacial score (nSPS) is 17.9. The molecule has 21 heavy (non-hydrogen) atoms. The molecule has 1 fully saturated rings. The topological polar surface area (TPSA) is 41.6 Å². The van der Waals surface area contributed by atoms with Gasteiger partial charge in [-0.1, -0.05) is 28.8 Å². The molecule has 1 aromatic rings. The summed E-state index contributed by atoms with van der Waals surface area (Å²) < 4.78 is 6.74. The van der Waals surface area contributed by atoms with E-state index in [2.05, 4.69) is 27.3 Å². The van der Waals surface area contributed by atoms with Crippen molar-refractivity contribution in [2.75, 3.05) is 19.7 Å². The van der Waals surface area contributed by atoms with Crippen LogP contribution >= 0.6 is 15.9 Å². The summed E-state index contributed by atoms with van der Waals surface area (Å²) in [7, 11) is 0. The van der Waals surface area contributed by atoms with Crippen molar-refractivity contribution in [2.45, 2.75) is 38.6 Å². The number of halogens is 1. The van der Waals surface area contributed by atoms with Gasteiger partial charge in [0.15, 0.2) is 0 Å². The first kappa shape index (κ1) is 14.7. The van der Waals surface area contributed by atoms with Crippen molar-refractivity contribution < 1.29 is 9.53 Å². The number of hydrogen-bond donors (Lipinski definition) is 1. The molecule has 0 bridgehead atoms. The summed E-state index contributed by atoms with van der Waals surface area (Å²) in [6.45, 7) is 3.01. The fraction of sp³-hybridized carbons (Fsp3) is 0.562. The van der Waals surface area contributed by atoms with Gasteiger partial charge in [-0.15, -0.1) is 0 Å². The Morgan fingerprint density at radius 1 is 1.24 bits per heavy atom. The van der Waals surface area contributed by atoms with Gasteiger partial charge in [0.25, 0.3) is 0 Å². The SMILES string of the molecule is O=C(NCc1cc(Br)cc2c1OCC2)N1CCCCCC1. The molecule has 0 spiro atoms. The number of ether oxygens (including phenoxy) is 1. The van der Waals surface area contributed by atoms with Crippen LogP contribution in [-0.4, -0.2) is 30.6 Å². The van der Waals surface area contributed by atoms with E-state index >= 15 is 0 Å². The zero-order valence-electron chi connectivity index (χ0n) is 12.2. The number of amides is 2. The van der Waals surface area contributed by atoms with Gasteiger partial charge >= 0.3 is 6.03 Å². The quantitative estimate of drug-likeness (QED) is 0.885. The number of carbonyl (C=O) groups excluding carboxylic acids is 1. The van der Waals surface area contributed by atoms with Crippen LogP contribution < -0.4 is 10.1 Å². The van der Waals surface area contributed by atoms with Gasteiger partial charge in [0.2, 0.25) is 0 Å². The van der Waals surface area contributed by atoms with Gasteiger partial charge in [-0.25, -0.2) is 4.79 Å². The van der Waals surface area contributed by atoms with Crippen LogP contribution in [0.4, 0.5) is 4.79 Å². The number of likely N-dealkylation sites (tertiary alicyclic amines) is 1. The number of fused-ring (bicyclic) bond motifs is 1. The number of urea groups is 1. The van der Waals surface area contributed by atoms with Crippen LogP contribution in [0.3, 0.4) is 0 Å². The highest BCUT2D eigenvalue weighted by molar-refractivity contribution is 9.10. The summed E-state index contributed by atoms with van der Waals surface area (Å²) >= 11 is 3.53. The van der Waals surface area contributed by atoms with Gasteiger partial charge < -0.3 is 15.0 Å². The van der Waals surface area contributed by atoms with Crippen LogP contribution in [0.25, 0.3) is 0 Å². The summed E-state index contributed by atoms with van der Waals surface area (Å²) in [5, 5.41) is 3.04. The van der Waals surface area contributed by atoms with Gasteiger partial charge in [-0.05, 0) is 30.5 Å². The van der Waals surface area contributed by atoms with Crippen LogP contribution in [0.5, 0.6) is 5.75 Å². The lowest BCUT2D eigenvalue weighted by atomic mass is 10.1. The number of nitrogens with one attached hydrogen (secondary N) is 1. The molecule has 1 N–H and O–H groups in total. The zero-order chi connectivity index (χ0) is 14.7. The Labute approximate surface area is 134 Å². The lowest BCUT2D eigenvalue weighted by Gasteiger charge is -2.21. The van der Waals surface area contributed by atoms with Gasteiger partial charge in [0, 0.05) is 36.1 Å². The second kappa shape index (κ2) is 6.69. The maximum atomic E-state index is 12.3. The molecule has 0 aromatic heterocycles. The Hall–Kier alpha value is -1.23. The maximum Gasteiger partial charge on any atom is 0.317 e. The molecule has 1 saturated heterocycles. The molecule has 2 amide bonds. The summed E-state index contributed by atoms with van der Waals surface area (Å²) in [6.07, 6.45) is 5.64. The molecule has 2 heterocycles. The standard InChI is InChI=1S/C16H21BrN2O2/c17-14-9-12-5-8-21-15(12)13(10-14)11-18-16(20)19-6-3-1-2-4-7-19/h9-10H,1-8,11H2,(H,18,20). The molecule has 1 aromatic carbocycles. The van der Waals surface area contributed by atoms with E-state index in [0.29, 0.717) is 6.54 Å². The molecule has 0 radical (unpaired) electrons. The number of nitrogens with zero attached hydrogens (tertiary/aromatic N) is 1. The molecule has 2 aliphatic rings. The Morgan fingerprint density at radius 3 is 2.76 bits per heavy atom. The molecule has 2 aliphatic heterocycles. The molecule has 0 unspecified atom stereocenters. The number of rotatable bonds is 2. The fourth-order valence-electron chi connectivity index (χ4n) is 3.03. The molecule has 4 nitrogen and oxygen atoms in total. The highest BCUT2D eigenvalue weighted by Gasteiger charge is 2.19. The van der Waals surface area contributed by atoms with Crippen LogP contribution in [0.15, 0.2) is 16.6 Å². The summed E-state index contributed by atoms with van der Waals surface area (Å²) in [4.78, 5) is 14.2. The van der Waals surface area contributed by atoms with E-state index in [4.69, 9.17) is 4.74 Å². The molecule has 0 saturated carbocycles. The van der Waals surface area contributed by atoms with E-state index in [9.17, 15) is 4.79 Å². The third kappa shape index (κ3) is 3.51. The summed E-state index contributed by atoms with van der Waals surface area (Å²) in [6, 6.07) is 4.18. The van der Waals surface area contributed by atoms with Gasteiger partial charge in [0.1, 0.15) is 5.75 Å². The number of hydrogen-bond acceptors (Lipinski definition) is 2. The van der Waals surface area contributed by atoms with Crippen molar-refractivity contribution in [3.05, 3.63) is 27.7 Å². The average molecular weight is 353 g/mol. The third-order valence-corrected chi connectivity index (χ3v) is 4.61. The minimum atomic E-state index is 0.0450. The van der Waals surface area contributed by atoms with E-state index in [1.165, 1.54) is 18.4 Å². The summed E-state index contributed by atoms with van der Waals surface area (Å²) in [5.41, 5.74) is 2.28. The second-order valence-corrected chi connectivity index (χ2v) is 6.63. The first-order chi connectivity index (χ1) is 10.2. The monoisotopic (exact) mass is 352 g/mol. The predicted molar refractivity (Wildman–Crippen MR) is 85.6 cm³/mol. The first-order valence-electron chi connectivity index (χ1n) is 7.71. The minimum absolute atomic E-state index is 0.0450. The van der Waals surface area contributed by atoms with Crippen LogP contribution in [0.1, 0.15) is 36.8 Å². The molecule has 114 valence electrons. The van der Waals surface area contributed by atoms with Crippen molar-refractivity contribution in [1.29, 1.82) is 0 Å². The lowest BCUT2D eigenvalue weighted by molar-refractivity contribution is 0.199. The smallest absolute Gasteiger partial charge is 0.317 e.